The zero-order valence-corrected chi connectivity index (χ0v) is 13.3. The lowest BCUT2D eigenvalue weighted by molar-refractivity contribution is 0.0685. The summed E-state index contributed by atoms with van der Waals surface area (Å²) in [5.74, 6) is -1.11. The van der Waals surface area contributed by atoms with Gasteiger partial charge in [-0.3, -0.25) is 0 Å². The van der Waals surface area contributed by atoms with Crippen molar-refractivity contribution in [2.24, 2.45) is 5.92 Å². The smallest absolute Gasteiger partial charge is 0.352 e. The van der Waals surface area contributed by atoms with Crippen LogP contribution in [0.25, 0.3) is 0 Å². The molecule has 0 saturated carbocycles. The lowest BCUT2D eigenvalue weighted by Crippen LogP contribution is -2.29. The molecule has 0 radical (unpaired) electrons. The van der Waals surface area contributed by atoms with Gasteiger partial charge in [-0.2, -0.15) is 0 Å². The van der Waals surface area contributed by atoms with Crippen LogP contribution < -0.4 is 4.72 Å². The third-order valence-corrected chi connectivity index (χ3v) is 4.33. The summed E-state index contributed by atoms with van der Waals surface area (Å²) in [6.45, 7) is 4.88. The molecule has 8 heteroatoms. The van der Waals surface area contributed by atoms with Crippen molar-refractivity contribution in [3.8, 4) is 0 Å². The van der Waals surface area contributed by atoms with Gasteiger partial charge in [0.1, 0.15) is 10.6 Å². The Balaban J connectivity index is 2.93. The van der Waals surface area contributed by atoms with Crippen LogP contribution in [-0.2, 0) is 21.3 Å². The van der Waals surface area contributed by atoms with Gasteiger partial charge in [-0.25, -0.2) is 17.9 Å². The summed E-state index contributed by atoms with van der Waals surface area (Å²) in [5, 5.41) is 9.11. The van der Waals surface area contributed by atoms with Crippen molar-refractivity contribution in [2.75, 3.05) is 20.3 Å². The molecule has 0 amide bonds. The van der Waals surface area contributed by atoms with E-state index in [1.165, 1.54) is 16.8 Å². The second kappa shape index (κ2) is 7.58. The minimum atomic E-state index is -3.72. The Hall–Kier alpha value is -1.38. The second-order valence-corrected chi connectivity index (χ2v) is 6.74. The molecule has 2 N–H and O–H groups in total. The fourth-order valence-corrected chi connectivity index (χ4v) is 3.12. The maximum Gasteiger partial charge on any atom is 0.352 e. The van der Waals surface area contributed by atoms with E-state index in [2.05, 4.69) is 4.72 Å². The number of ether oxygens (including phenoxy) is 1. The number of hydrogen-bond donors (Lipinski definition) is 2. The molecular formula is C13H22N2O5S. The molecule has 1 atom stereocenters. The van der Waals surface area contributed by atoms with Crippen molar-refractivity contribution in [2.45, 2.75) is 31.7 Å². The quantitative estimate of drug-likeness (QED) is 0.712. The van der Waals surface area contributed by atoms with Gasteiger partial charge in [0.2, 0.25) is 10.0 Å². The standard InChI is InChI=1S/C13H22N2O5S/c1-4-5-15-8-11(6-12(15)13(16)17)21(18,19)14-7-10(2)9-20-3/h6,8,10,14H,4-5,7,9H2,1-3H3,(H,16,17). The first-order chi connectivity index (χ1) is 9.81. The number of sulfonamides is 1. The molecule has 0 spiro atoms. The summed E-state index contributed by atoms with van der Waals surface area (Å²) in [7, 11) is -2.17. The van der Waals surface area contributed by atoms with E-state index in [9.17, 15) is 13.2 Å². The molecule has 1 aromatic rings. The van der Waals surface area contributed by atoms with E-state index in [-0.39, 0.29) is 23.1 Å². The van der Waals surface area contributed by atoms with Gasteiger partial charge in [0.25, 0.3) is 0 Å². The van der Waals surface area contributed by atoms with E-state index < -0.39 is 16.0 Å². The molecule has 21 heavy (non-hydrogen) atoms. The van der Waals surface area contributed by atoms with Crippen LogP contribution in [0.1, 0.15) is 30.8 Å². The van der Waals surface area contributed by atoms with Gasteiger partial charge in [-0.05, 0) is 18.4 Å². The number of hydrogen-bond acceptors (Lipinski definition) is 4. The molecule has 0 aliphatic heterocycles. The number of carboxylic acids is 1. The Kier molecular flexibility index (Phi) is 6.38. The Morgan fingerprint density at radius 3 is 2.71 bits per heavy atom. The van der Waals surface area contributed by atoms with Crippen molar-refractivity contribution < 1.29 is 23.1 Å². The number of nitrogens with zero attached hydrogens (tertiary/aromatic N) is 1. The molecule has 0 aliphatic rings. The number of aromatic nitrogens is 1. The van der Waals surface area contributed by atoms with Crippen LogP contribution >= 0.6 is 0 Å². The van der Waals surface area contributed by atoms with E-state index in [1.54, 1.807) is 7.11 Å². The van der Waals surface area contributed by atoms with Gasteiger partial charge < -0.3 is 14.4 Å². The number of nitrogens with one attached hydrogen (secondary N) is 1. The highest BCUT2D eigenvalue weighted by Gasteiger charge is 2.21. The van der Waals surface area contributed by atoms with Gasteiger partial charge in [0, 0.05) is 33.0 Å². The van der Waals surface area contributed by atoms with Crippen molar-refractivity contribution in [1.29, 1.82) is 0 Å². The predicted octanol–water partition coefficient (Wildman–Crippen LogP) is 1.16. The second-order valence-electron chi connectivity index (χ2n) is 4.97. The zero-order valence-electron chi connectivity index (χ0n) is 12.5. The molecule has 0 saturated heterocycles. The highest BCUT2D eigenvalue weighted by molar-refractivity contribution is 7.89. The van der Waals surface area contributed by atoms with Gasteiger partial charge in [-0.1, -0.05) is 13.8 Å². The van der Waals surface area contributed by atoms with Crippen molar-refractivity contribution in [3.63, 3.8) is 0 Å². The number of aryl methyl sites for hydroxylation is 1. The summed E-state index contributed by atoms with van der Waals surface area (Å²) in [4.78, 5) is 11.1. The predicted molar refractivity (Wildman–Crippen MR) is 77.9 cm³/mol. The molecule has 1 rings (SSSR count). The van der Waals surface area contributed by atoms with Crippen LogP contribution in [0.4, 0.5) is 0 Å². The molecule has 0 aromatic carbocycles. The highest BCUT2D eigenvalue weighted by atomic mass is 32.2. The van der Waals surface area contributed by atoms with Crippen molar-refractivity contribution >= 4 is 16.0 Å². The Bertz CT molecular complexity index is 579. The maximum atomic E-state index is 12.2. The number of carboxylic acid groups (broad SMARTS) is 1. The Morgan fingerprint density at radius 1 is 1.52 bits per heavy atom. The highest BCUT2D eigenvalue weighted by Crippen LogP contribution is 2.15. The van der Waals surface area contributed by atoms with E-state index in [1.807, 2.05) is 13.8 Å². The largest absolute Gasteiger partial charge is 0.477 e. The lowest BCUT2D eigenvalue weighted by atomic mass is 10.2. The first-order valence-electron chi connectivity index (χ1n) is 6.73. The van der Waals surface area contributed by atoms with E-state index in [4.69, 9.17) is 9.84 Å². The molecule has 1 unspecified atom stereocenters. The zero-order chi connectivity index (χ0) is 16.0. The minimum Gasteiger partial charge on any atom is -0.477 e. The van der Waals surface area contributed by atoms with Crippen LogP contribution in [0.5, 0.6) is 0 Å². The van der Waals surface area contributed by atoms with Gasteiger partial charge in [0.05, 0.1) is 0 Å². The minimum absolute atomic E-state index is 0.0258. The summed E-state index contributed by atoms with van der Waals surface area (Å²) in [6, 6.07) is 1.18. The van der Waals surface area contributed by atoms with Crippen molar-refractivity contribution in [1.82, 2.24) is 9.29 Å². The monoisotopic (exact) mass is 318 g/mol. The number of aromatic carboxylic acids is 1. The molecule has 120 valence electrons. The topological polar surface area (TPSA) is 97.6 Å². The molecule has 1 heterocycles. The molecule has 1 aromatic heterocycles. The Labute approximate surface area is 125 Å². The summed E-state index contributed by atoms with van der Waals surface area (Å²) in [5.41, 5.74) is -0.0258. The first kappa shape index (κ1) is 17.7. The number of methoxy groups -OCH3 is 1. The average Bonchev–Trinajstić information content (AvgIpc) is 2.82. The van der Waals surface area contributed by atoms with E-state index in [0.717, 1.165) is 0 Å². The average molecular weight is 318 g/mol. The summed E-state index contributed by atoms with van der Waals surface area (Å²) < 4.78 is 33.2. The number of carbonyl (C=O) groups is 1. The van der Waals surface area contributed by atoms with Crippen LogP contribution in [0.15, 0.2) is 17.2 Å². The van der Waals surface area contributed by atoms with E-state index in [0.29, 0.717) is 19.6 Å². The molecule has 0 aliphatic carbocycles. The van der Waals surface area contributed by atoms with Gasteiger partial charge >= 0.3 is 5.97 Å². The van der Waals surface area contributed by atoms with Crippen LogP contribution in [-0.4, -0.2) is 44.3 Å². The third-order valence-electron chi connectivity index (χ3n) is 2.94. The summed E-state index contributed by atoms with van der Waals surface area (Å²) >= 11 is 0. The van der Waals surface area contributed by atoms with E-state index >= 15 is 0 Å². The molecule has 0 fully saturated rings. The first-order valence-corrected chi connectivity index (χ1v) is 8.22. The maximum absolute atomic E-state index is 12.2. The van der Waals surface area contributed by atoms with Gasteiger partial charge in [-0.15, -0.1) is 0 Å². The van der Waals surface area contributed by atoms with Gasteiger partial charge in [0.15, 0.2) is 0 Å². The lowest BCUT2D eigenvalue weighted by Gasteiger charge is -2.11. The fraction of sp³-hybridized carbons (Fsp3) is 0.615. The van der Waals surface area contributed by atoms with Crippen molar-refractivity contribution in [3.05, 3.63) is 18.0 Å². The molecule has 7 nitrogen and oxygen atoms in total. The van der Waals surface area contributed by atoms with Crippen LogP contribution in [0, 0.1) is 5.92 Å². The normalized spacial score (nSPS) is 13.3. The van der Waals surface area contributed by atoms with Crippen LogP contribution in [0.2, 0.25) is 0 Å². The molecular weight excluding hydrogens is 296 g/mol. The fourth-order valence-electron chi connectivity index (χ4n) is 1.91. The number of rotatable bonds is 9. The third kappa shape index (κ3) is 4.83. The SMILES string of the molecule is CCCn1cc(S(=O)(=O)NCC(C)COC)cc1C(=O)O. The Morgan fingerprint density at radius 2 is 2.19 bits per heavy atom. The summed E-state index contributed by atoms with van der Waals surface area (Å²) in [6.07, 6.45) is 2.07. The van der Waals surface area contributed by atoms with Crippen LogP contribution in [0.3, 0.4) is 0 Å². The molecule has 0 bridgehead atoms.